The second-order valence-corrected chi connectivity index (χ2v) is 3.24. The van der Waals surface area contributed by atoms with Crippen molar-refractivity contribution in [1.29, 1.82) is 5.41 Å². The van der Waals surface area contributed by atoms with Gasteiger partial charge in [0.2, 0.25) is 0 Å². The van der Waals surface area contributed by atoms with Crippen molar-refractivity contribution in [2.24, 2.45) is 4.99 Å². The Morgan fingerprint density at radius 3 is 2.71 bits per heavy atom. The van der Waals surface area contributed by atoms with Crippen LogP contribution in [0.5, 0.6) is 0 Å². The Balaban J connectivity index is 2.89. The zero-order chi connectivity index (χ0) is 10.4. The van der Waals surface area contributed by atoms with Gasteiger partial charge in [-0.15, -0.1) is 0 Å². The number of aliphatic imine (C=N–C) groups is 1. The van der Waals surface area contributed by atoms with E-state index >= 15 is 0 Å². The third-order valence-corrected chi connectivity index (χ3v) is 1.90. The Hall–Kier alpha value is -1.64. The van der Waals surface area contributed by atoms with Gasteiger partial charge in [-0.2, -0.15) is 0 Å². The molecule has 0 aromatic heterocycles. The summed E-state index contributed by atoms with van der Waals surface area (Å²) in [6.07, 6.45) is 2.37. The van der Waals surface area contributed by atoms with Gasteiger partial charge < -0.3 is 15.7 Å². The SMILES string of the molecule is CC(C)c1ccccc1N=C[N-]C=N. The summed E-state index contributed by atoms with van der Waals surface area (Å²) in [5.41, 5.74) is 2.12. The van der Waals surface area contributed by atoms with Gasteiger partial charge in [-0.3, -0.25) is 0 Å². The zero-order valence-electron chi connectivity index (χ0n) is 8.44. The van der Waals surface area contributed by atoms with E-state index in [2.05, 4.69) is 30.2 Å². The lowest BCUT2D eigenvalue weighted by atomic mass is 10.0. The molecular formula is C11H14N3-. The highest BCUT2D eigenvalue weighted by Crippen LogP contribution is 2.25. The van der Waals surface area contributed by atoms with Gasteiger partial charge in [0.1, 0.15) is 0 Å². The molecule has 0 aliphatic carbocycles. The molecule has 74 valence electrons. The molecule has 3 nitrogen and oxygen atoms in total. The molecule has 0 aliphatic rings. The quantitative estimate of drug-likeness (QED) is 0.555. The molecule has 1 aromatic carbocycles. The van der Waals surface area contributed by atoms with Crippen molar-refractivity contribution in [1.82, 2.24) is 0 Å². The van der Waals surface area contributed by atoms with Crippen molar-refractivity contribution in [3.63, 3.8) is 0 Å². The predicted octanol–water partition coefficient (Wildman–Crippen LogP) is 3.45. The number of rotatable bonds is 4. The van der Waals surface area contributed by atoms with Gasteiger partial charge in [-0.1, -0.05) is 38.1 Å². The van der Waals surface area contributed by atoms with Gasteiger partial charge in [0, 0.05) is 0 Å². The number of nitrogens with one attached hydrogen (secondary N) is 1. The minimum absolute atomic E-state index is 0.448. The standard InChI is InChI=1S/C11H14N3/c1-9(2)10-5-3-4-6-11(10)14-8-13-7-12/h3-9H,1-2H3,(H-,12,13,14)/q-1. The Labute approximate surface area is 84.4 Å². The van der Waals surface area contributed by atoms with Crippen molar-refractivity contribution >= 4 is 18.4 Å². The van der Waals surface area contributed by atoms with Crippen molar-refractivity contribution < 1.29 is 0 Å². The van der Waals surface area contributed by atoms with E-state index in [1.165, 1.54) is 11.9 Å². The molecule has 0 saturated heterocycles. The van der Waals surface area contributed by atoms with Gasteiger partial charge in [-0.05, 0) is 29.8 Å². The van der Waals surface area contributed by atoms with E-state index in [0.29, 0.717) is 5.92 Å². The molecule has 0 bridgehead atoms. The lowest BCUT2D eigenvalue weighted by molar-refractivity contribution is 0.867. The molecule has 0 aliphatic heterocycles. The third kappa shape index (κ3) is 2.69. The smallest absolute Gasteiger partial charge is 0.00487 e. The molecule has 0 amide bonds. The molecule has 14 heavy (non-hydrogen) atoms. The molecule has 1 N–H and O–H groups in total. The van der Waals surface area contributed by atoms with Gasteiger partial charge >= 0.3 is 0 Å². The minimum Gasteiger partial charge on any atom is -0.419 e. The van der Waals surface area contributed by atoms with Crippen LogP contribution in [0.4, 0.5) is 5.69 Å². The van der Waals surface area contributed by atoms with Crippen LogP contribution in [0.15, 0.2) is 29.3 Å². The van der Waals surface area contributed by atoms with Crippen LogP contribution >= 0.6 is 0 Å². The van der Waals surface area contributed by atoms with Gasteiger partial charge in [-0.25, -0.2) is 0 Å². The topological polar surface area (TPSA) is 50.3 Å². The first-order chi connectivity index (χ1) is 6.75. The minimum atomic E-state index is 0.448. The van der Waals surface area contributed by atoms with Crippen LogP contribution in [0, 0.1) is 5.41 Å². The number of nitrogens with zero attached hydrogens (tertiary/aromatic N) is 2. The highest BCUT2D eigenvalue weighted by molar-refractivity contribution is 5.94. The molecule has 1 aromatic rings. The van der Waals surface area contributed by atoms with E-state index in [9.17, 15) is 0 Å². The second kappa shape index (κ2) is 5.17. The van der Waals surface area contributed by atoms with Crippen LogP contribution in [0.25, 0.3) is 5.32 Å². The molecule has 0 heterocycles. The number of para-hydroxylation sites is 1. The summed E-state index contributed by atoms with van der Waals surface area (Å²) in [5.74, 6) is 0.448. The fourth-order valence-corrected chi connectivity index (χ4v) is 1.22. The average Bonchev–Trinajstić information content (AvgIpc) is 2.19. The maximum atomic E-state index is 6.72. The highest BCUT2D eigenvalue weighted by Gasteiger charge is 2.00. The molecule has 0 radical (unpaired) electrons. The summed E-state index contributed by atoms with van der Waals surface area (Å²) >= 11 is 0. The first-order valence-electron chi connectivity index (χ1n) is 4.56. The summed E-state index contributed by atoms with van der Waals surface area (Å²) in [6.45, 7) is 4.25. The zero-order valence-corrected chi connectivity index (χ0v) is 8.44. The molecule has 0 unspecified atom stereocenters. The number of benzene rings is 1. The average molecular weight is 188 g/mol. The van der Waals surface area contributed by atoms with Crippen molar-refractivity contribution in [2.45, 2.75) is 19.8 Å². The van der Waals surface area contributed by atoms with E-state index in [1.54, 1.807) is 0 Å². The largest absolute Gasteiger partial charge is 0.419 e. The lowest BCUT2D eigenvalue weighted by Crippen LogP contribution is -1.87. The summed E-state index contributed by atoms with van der Waals surface area (Å²) in [5, 5.41) is 10.3. The Bertz CT molecular complexity index is 329. The maximum Gasteiger partial charge on any atom is -0.00487 e. The normalized spacial score (nSPS) is 10.8. The summed E-state index contributed by atoms with van der Waals surface area (Å²) in [7, 11) is 0. The predicted molar refractivity (Wildman–Crippen MR) is 60.8 cm³/mol. The van der Waals surface area contributed by atoms with E-state index in [1.807, 2.05) is 18.2 Å². The number of hydrogen-bond donors (Lipinski definition) is 1. The van der Waals surface area contributed by atoms with Crippen molar-refractivity contribution in [3.05, 3.63) is 35.1 Å². The summed E-state index contributed by atoms with van der Waals surface area (Å²) < 4.78 is 0. The van der Waals surface area contributed by atoms with Crippen LogP contribution in [0.2, 0.25) is 0 Å². The van der Waals surface area contributed by atoms with Crippen LogP contribution < -0.4 is 0 Å². The van der Waals surface area contributed by atoms with Crippen LogP contribution in [-0.2, 0) is 0 Å². The number of hydrogen-bond acceptors (Lipinski definition) is 2. The first-order valence-corrected chi connectivity index (χ1v) is 4.56. The van der Waals surface area contributed by atoms with E-state index in [-0.39, 0.29) is 0 Å². The van der Waals surface area contributed by atoms with Crippen LogP contribution in [-0.4, -0.2) is 12.7 Å². The van der Waals surface area contributed by atoms with E-state index < -0.39 is 0 Å². The van der Waals surface area contributed by atoms with Crippen molar-refractivity contribution in [3.8, 4) is 0 Å². The second-order valence-electron chi connectivity index (χ2n) is 3.24. The van der Waals surface area contributed by atoms with Crippen molar-refractivity contribution in [2.75, 3.05) is 0 Å². The van der Waals surface area contributed by atoms with Gasteiger partial charge in [0.15, 0.2) is 0 Å². The molecule has 0 atom stereocenters. The molecular weight excluding hydrogens is 174 g/mol. The van der Waals surface area contributed by atoms with E-state index in [0.717, 1.165) is 12.0 Å². The summed E-state index contributed by atoms with van der Waals surface area (Å²) in [4.78, 5) is 4.17. The Morgan fingerprint density at radius 1 is 1.36 bits per heavy atom. The van der Waals surface area contributed by atoms with Gasteiger partial charge in [0.05, 0.1) is 0 Å². The molecule has 0 saturated carbocycles. The third-order valence-electron chi connectivity index (χ3n) is 1.90. The first kappa shape index (κ1) is 10.4. The molecule has 0 spiro atoms. The summed E-state index contributed by atoms with van der Waals surface area (Å²) in [6, 6.07) is 7.96. The fourth-order valence-electron chi connectivity index (χ4n) is 1.22. The lowest BCUT2D eigenvalue weighted by Gasteiger charge is -2.11. The molecule has 1 rings (SSSR count). The highest BCUT2D eigenvalue weighted by atomic mass is 14.9. The van der Waals surface area contributed by atoms with Crippen LogP contribution in [0.1, 0.15) is 25.3 Å². The van der Waals surface area contributed by atoms with Gasteiger partial charge in [0.25, 0.3) is 0 Å². The maximum absolute atomic E-state index is 6.72. The Morgan fingerprint density at radius 2 is 2.07 bits per heavy atom. The molecule has 3 heteroatoms. The van der Waals surface area contributed by atoms with Crippen LogP contribution in [0.3, 0.4) is 0 Å². The fraction of sp³-hybridized carbons (Fsp3) is 0.273. The monoisotopic (exact) mass is 188 g/mol. The Kier molecular flexibility index (Phi) is 3.85. The van der Waals surface area contributed by atoms with E-state index in [4.69, 9.17) is 5.41 Å². The molecule has 0 fully saturated rings.